The third kappa shape index (κ3) is 1.49. The van der Waals surface area contributed by atoms with Crippen LogP contribution in [0.3, 0.4) is 0 Å². The van der Waals surface area contributed by atoms with E-state index in [-0.39, 0.29) is 0 Å². The molecule has 1 aromatic rings. The Bertz CT molecular complexity index is 304. The normalized spacial score (nSPS) is 16.8. The molecule has 1 aromatic carbocycles. The van der Waals surface area contributed by atoms with Gasteiger partial charge in [0, 0.05) is 19.0 Å². The summed E-state index contributed by atoms with van der Waals surface area (Å²) in [5, 5.41) is 8.62. The predicted molar refractivity (Wildman–Crippen MR) is 48.8 cm³/mol. The van der Waals surface area contributed by atoms with Gasteiger partial charge in [-0.05, 0) is 5.56 Å². The van der Waals surface area contributed by atoms with Crippen LogP contribution in [0.25, 0.3) is 0 Å². The second-order valence-electron chi connectivity index (χ2n) is 3.30. The van der Waals surface area contributed by atoms with E-state index in [0.717, 1.165) is 0 Å². The van der Waals surface area contributed by atoms with Gasteiger partial charge in [-0.1, -0.05) is 30.3 Å². The van der Waals surface area contributed by atoms with E-state index in [1.165, 1.54) is 10.5 Å². The third-order valence-corrected chi connectivity index (χ3v) is 2.42. The van der Waals surface area contributed by atoms with Gasteiger partial charge in [-0.15, -0.1) is 0 Å². The highest BCUT2D eigenvalue weighted by Gasteiger charge is 2.30. The SMILES string of the molecule is O=C(O)N1CC(c2ccccc2)C1. The van der Waals surface area contributed by atoms with Gasteiger partial charge >= 0.3 is 6.09 Å². The van der Waals surface area contributed by atoms with Gasteiger partial charge in [0.15, 0.2) is 0 Å². The minimum Gasteiger partial charge on any atom is -0.465 e. The summed E-state index contributed by atoms with van der Waals surface area (Å²) in [5.41, 5.74) is 1.24. The van der Waals surface area contributed by atoms with Crippen LogP contribution in [0.4, 0.5) is 4.79 Å². The molecule has 1 heterocycles. The summed E-state index contributed by atoms with van der Waals surface area (Å²) in [5.74, 6) is 0.400. The zero-order chi connectivity index (χ0) is 9.26. The second kappa shape index (κ2) is 3.09. The molecular formula is C10H11NO2. The Kier molecular flexibility index (Phi) is 1.93. The average Bonchev–Trinajstić information content (AvgIpc) is 2.02. The summed E-state index contributed by atoms with van der Waals surface area (Å²) in [4.78, 5) is 11.9. The lowest BCUT2D eigenvalue weighted by Gasteiger charge is -2.37. The fourth-order valence-electron chi connectivity index (χ4n) is 1.57. The lowest BCUT2D eigenvalue weighted by molar-refractivity contribution is 0.105. The molecule has 1 amide bonds. The summed E-state index contributed by atoms with van der Waals surface area (Å²) < 4.78 is 0. The maximum atomic E-state index is 10.5. The molecular weight excluding hydrogens is 166 g/mol. The van der Waals surface area contributed by atoms with Crippen molar-refractivity contribution in [2.24, 2.45) is 0 Å². The molecule has 0 unspecified atom stereocenters. The fourth-order valence-corrected chi connectivity index (χ4v) is 1.57. The monoisotopic (exact) mass is 177 g/mol. The van der Waals surface area contributed by atoms with E-state index in [1.54, 1.807) is 0 Å². The Morgan fingerprint density at radius 1 is 1.31 bits per heavy atom. The first-order valence-electron chi connectivity index (χ1n) is 4.30. The van der Waals surface area contributed by atoms with Crippen LogP contribution in [-0.2, 0) is 0 Å². The van der Waals surface area contributed by atoms with Gasteiger partial charge in [-0.2, -0.15) is 0 Å². The first-order chi connectivity index (χ1) is 6.27. The summed E-state index contributed by atoms with van der Waals surface area (Å²) in [7, 11) is 0. The number of hydrogen-bond acceptors (Lipinski definition) is 1. The minimum absolute atomic E-state index is 0.400. The van der Waals surface area contributed by atoms with Gasteiger partial charge in [0.05, 0.1) is 0 Å². The quantitative estimate of drug-likeness (QED) is 0.710. The molecule has 0 aromatic heterocycles. The van der Waals surface area contributed by atoms with Crippen molar-refractivity contribution >= 4 is 6.09 Å². The Hall–Kier alpha value is -1.51. The van der Waals surface area contributed by atoms with E-state index in [4.69, 9.17) is 5.11 Å². The van der Waals surface area contributed by atoms with Gasteiger partial charge in [0.25, 0.3) is 0 Å². The number of amides is 1. The van der Waals surface area contributed by atoms with Crippen LogP contribution < -0.4 is 0 Å². The van der Waals surface area contributed by atoms with Crippen LogP contribution in [0.15, 0.2) is 30.3 Å². The molecule has 1 fully saturated rings. The van der Waals surface area contributed by atoms with Crippen molar-refractivity contribution in [1.82, 2.24) is 4.90 Å². The molecule has 0 bridgehead atoms. The van der Waals surface area contributed by atoms with Crippen LogP contribution >= 0.6 is 0 Å². The highest BCUT2D eigenvalue weighted by atomic mass is 16.4. The largest absolute Gasteiger partial charge is 0.465 e. The number of nitrogens with zero attached hydrogens (tertiary/aromatic N) is 1. The van der Waals surface area contributed by atoms with E-state index >= 15 is 0 Å². The molecule has 1 saturated heterocycles. The number of likely N-dealkylation sites (tertiary alicyclic amines) is 1. The van der Waals surface area contributed by atoms with Crippen molar-refractivity contribution in [3.63, 3.8) is 0 Å². The lowest BCUT2D eigenvalue weighted by Crippen LogP contribution is -2.47. The third-order valence-electron chi connectivity index (χ3n) is 2.42. The Balaban J connectivity index is 1.98. The van der Waals surface area contributed by atoms with Crippen molar-refractivity contribution in [3.8, 4) is 0 Å². The minimum atomic E-state index is -0.813. The molecule has 13 heavy (non-hydrogen) atoms. The van der Waals surface area contributed by atoms with Crippen LogP contribution in [0.2, 0.25) is 0 Å². The maximum absolute atomic E-state index is 10.5. The van der Waals surface area contributed by atoms with Gasteiger partial charge in [0.2, 0.25) is 0 Å². The smallest absolute Gasteiger partial charge is 0.407 e. The molecule has 2 rings (SSSR count). The summed E-state index contributed by atoms with van der Waals surface area (Å²) in [6, 6.07) is 10.0. The second-order valence-corrected chi connectivity index (χ2v) is 3.30. The molecule has 0 atom stereocenters. The van der Waals surface area contributed by atoms with E-state index in [2.05, 4.69) is 0 Å². The number of benzene rings is 1. The summed E-state index contributed by atoms with van der Waals surface area (Å²) >= 11 is 0. The molecule has 1 aliphatic heterocycles. The standard InChI is InChI=1S/C10H11NO2/c12-10(13)11-6-9(7-11)8-4-2-1-3-5-8/h1-5,9H,6-7H2,(H,12,13). The van der Waals surface area contributed by atoms with Gasteiger partial charge in [0.1, 0.15) is 0 Å². The predicted octanol–water partition coefficient (Wildman–Crippen LogP) is 1.76. The van der Waals surface area contributed by atoms with E-state index < -0.39 is 6.09 Å². The van der Waals surface area contributed by atoms with Crippen LogP contribution in [0.5, 0.6) is 0 Å². The van der Waals surface area contributed by atoms with Gasteiger partial charge < -0.3 is 10.0 Å². The zero-order valence-electron chi connectivity index (χ0n) is 7.18. The molecule has 0 radical (unpaired) electrons. The Labute approximate surface area is 76.6 Å². The molecule has 1 aliphatic rings. The number of carbonyl (C=O) groups is 1. The molecule has 0 saturated carbocycles. The van der Waals surface area contributed by atoms with Crippen molar-refractivity contribution in [1.29, 1.82) is 0 Å². The Morgan fingerprint density at radius 3 is 2.46 bits per heavy atom. The molecule has 3 heteroatoms. The molecule has 0 spiro atoms. The van der Waals surface area contributed by atoms with Crippen molar-refractivity contribution in [2.45, 2.75) is 5.92 Å². The highest BCUT2D eigenvalue weighted by molar-refractivity contribution is 5.66. The maximum Gasteiger partial charge on any atom is 0.407 e. The highest BCUT2D eigenvalue weighted by Crippen LogP contribution is 2.26. The molecule has 3 nitrogen and oxygen atoms in total. The van der Waals surface area contributed by atoms with Crippen molar-refractivity contribution in [3.05, 3.63) is 35.9 Å². The van der Waals surface area contributed by atoms with Crippen molar-refractivity contribution < 1.29 is 9.90 Å². The Morgan fingerprint density at radius 2 is 1.92 bits per heavy atom. The van der Waals surface area contributed by atoms with E-state index in [1.807, 2.05) is 30.3 Å². The average molecular weight is 177 g/mol. The molecule has 1 N–H and O–H groups in total. The molecule has 0 aliphatic carbocycles. The fraction of sp³-hybridized carbons (Fsp3) is 0.300. The summed E-state index contributed by atoms with van der Waals surface area (Å²) in [6.07, 6.45) is -0.813. The number of rotatable bonds is 1. The van der Waals surface area contributed by atoms with Crippen molar-refractivity contribution in [2.75, 3.05) is 13.1 Å². The number of carboxylic acid groups (broad SMARTS) is 1. The lowest BCUT2D eigenvalue weighted by atomic mass is 9.92. The summed E-state index contributed by atoms with van der Waals surface area (Å²) in [6.45, 7) is 1.28. The molecule has 68 valence electrons. The van der Waals surface area contributed by atoms with Crippen LogP contribution in [0, 0.1) is 0 Å². The number of hydrogen-bond donors (Lipinski definition) is 1. The van der Waals surface area contributed by atoms with Crippen LogP contribution in [-0.4, -0.2) is 29.2 Å². The van der Waals surface area contributed by atoms with Crippen LogP contribution in [0.1, 0.15) is 11.5 Å². The first-order valence-corrected chi connectivity index (χ1v) is 4.30. The first kappa shape index (κ1) is 8.10. The zero-order valence-corrected chi connectivity index (χ0v) is 7.18. The van der Waals surface area contributed by atoms with Gasteiger partial charge in [-0.25, -0.2) is 4.79 Å². The van der Waals surface area contributed by atoms with E-state index in [0.29, 0.717) is 19.0 Å². The van der Waals surface area contributed by atoms with Gasteiger partial charge in [-0.3, -0.25) is 0 Å². The van der Waals surface area contributed by atoms with E-state index in [9.17, 15) is 4.79 Å². The topological polar surface area (TPSA) is 40.5 Å².